The van der Waals surface area contributed by atoms with E-state index in [0.717, 1.165) is 12.5 Å². The first-order valence-corrected chi connectivity index (χ1v) is 9.00. The molecule has 0 aromatic carbocycles. The van der Waals surface area contributed by atoms with Crippen molar-refractivity contribution in [2.75, 3.05) is 31.9 Å². The summed E-state index contributed by atoms with van der Waals surface area (Å²) in [6.07, 6.45) is 6.76. The lowest BCUT2D eigenvalue weighted by atomic mass is 9.70. The van der Waals surface area contributed by atoms with Gasteiger partial charge in [0.05, 0.1) is 0 Å². The number of hydrogen-bond acceptors (Lipinski definition) is 3. The third-order valence-electron chi connectivity index (χ3n) is 5.26. The first kappa shape index (κ1) is 15.7. The molecule has 2 fully saturated rings. The molecule has 0 aromatic rings. The lowest BCUT2D eigenvalue weighted by Gasteiger charge is -2.42. The smallest absolute Gasteiger partial charge is 0.0116 e. The monoisotopic (exact) mass is 284 g/mol. The molecule has 2 N–H and O–H groups in total. The van der Waals surface area contributed by atoms with E-state index in [4.69, 9.17) is 5.73 Å². The van der Waals surface area contributed by atoms with E-state index in [1.54, 1.807) is 0 Å². The van der Waals surface area contributed by atoms with Crippen molar-refractivity contribution in [2.24, 2.45) is 17.1 Å². The summed E-state index contributed by atoms with van der Waals surface area (Å²) >= 11 is 2.14. The molecule has 0 unspecified atom stereocenters. The van der Waals surface area contributed by atoms with Crippen LogP contribution < -0.4 is 5.73 Å². The Kier molecular flexibility index (Phi) is 5.24. The molecule has 0 aromatic heterocycles. The highest BCUT2D eigenvalue weighted by atomic mass is 32.2. The van der Waals surface area contributed by atoms with Crippen LogP contribution in [0.4, 0.5) is 0 Å². The van der Waals surface area contributed by atoms with E-state index in [1.807, 2.05) is 0 Å². The standard InChI is InChI=1S/C16H32N2S/c1-14-4-6-16(12-17,7-5-14)13-18-9-8-15(2,3)19-11-10-18/h14H,4-13,17H2,1-3H3. The van der Waals surface area contributed by atoms with Gasteiger partial charge in [0.2, 0.25) is 0 Å². The molecular formula is C16H32N2S. The third kappa shape index (κ3) is 4.37. The maximum atomic E-state index is 6.16. The van der Waals surface area contributed by atoms with E-state index in [0.29, 0.717) is 10.2 Å². The van der Waals surface area contributed by atoms with Crippen LogP contribution in [0.2, 0.25) is 0 Å². The number of nitrogens with two attached hydrogens (primary N) is 1. The highest BCUT2D eigenvalue weighted by Crippen LogP contribution is 2.39. The average Bonchev–Trinajstić information content (AvgIpc) is 2.54. The fourth-order valence-electron chi connectivity index (χ4n) is 3.50. The van der Waals surface area contributed by atoms with Crippen molar-refractivity contribution in [3.63, 3.8) is 0 Å². The largest absolute Gasteiger partial charge is 0.330 e. The van der Waals surface area contributed by atoms with Crippen molar-refractivity contribution in [3.05, 3.63) is 0 Å². The average molecular weight is 285 g/mol. The molecule has 19 heavy (non-hydrogen) atoms. The highest BCUT2D eigenvalue weighted by molar-refractivity contribution is 8.00. The molecule has 1 aliphatic heterocycles. The van der Waals surface area contributed by atoms with Crippen LogP contribution in [0.1, 0.15) is 52.9 Å². The molecular weight excluding hydrogens is 252 g/mol. The molecule has 3 heteroatoms. The van der Waals surface area contributed by atoms with Crippen LogP contribution >= 0.6 is 11.8 Å². The van der Waals surface area contributed by atoms with Crippen molar-refractivity contribution < 1.29 is 0 Å². The lowest BCUT2D eigenvalue weighted by molar-refractivity contribution is 0.0974. The van der Waals surface area contributed by atoms with Gasteiger partial charge in [-0.1, -0.05) is 33.6 Å². The number of thioether (sulfide) groups is 1. The molecule has 1 heterocycles. The van der Waals surface area contributed by atoms with Crippen molar-refractivity contribution >= 4 is 11.8 Å². The van der Waals surface area contributed by atoms with Gasteiger partial charge in [0.15, 0.2) is 0 Å². The Morgan fingerprint density at radius 3 is 2.47 bits per heavy atom. The maximum Gasteiger partial charge on any atom is 0.0116 e. The van der Waals surface area contributed by atoms with Crippen LogP contribution in [0.25, 0.3) is 0 Å². The second kappa shape index (κ2) is 6.36. The van der Waals surface area contributed by atoms with Gasteiger partial charge >= 0.3 is 0 Å². The fraction of sp³-hybridized carbons (Fsp3) is 1.00. The van der Waals surface area contributed by atoms with Gasteiger partial charge in [0.1, 0.15) is 0 Å². The summed E-state index contributed by atoms with van der Waals surface area (Å²) in [6, 6.07) is 0. The molecule has 0 radical (unpaired) electrons. The second-order valence-electron chi connectivity index (χ2n) is 7.52. The van der Waals surface area contributed by atoms with Crippen LogP contribution in [-0.4, -0.2) is 41.6 Å². The SMILES string of the molecule is CC1CCC(CN)(CN2CCSC(C)(C)CC2)CC1. The van der Waals surface area contributed by atoms with Gasteiger partial charge in [-0.3, -0.25) is 0 Å². The van der Waals surface area contributed by atoms with Crippen molar-refractivity contribution in [1.82, 2.24) is 4.90 Å². The minimum absolute atomic E-state index is 0.422. The summed E-state index contributed by atoms with van der Waals surface area (Å²) < 4.78 is 0.464. The van der Waals surface area contributed by atoms with Crippen LogP contribution in [0, 0.1) is 11.3 Å². The van der Waals surface area contributed by atoms with Gasteiger partial charge in [-0.2, -0.15) is 11.8 Å². The first-order valence-electron chi connectivity index (χ1n) is 8.01. The number of rotatable bonds is 3. The van der Waals surface area contributed by atoms with Gasteiger partial charge in [-0.15, -0.1) is 0 Å². The molecule has 0 spiro atoms. The predicted octanol–water partition coefficient (Wildman–Crippen LogP) is 3.36. The molecule has 0 atom stereocenters. The molecule has 2 nitrogen and oxygen atoms in total. The van der Waals surface area contributed by atoms with Gasteiger partial charge in [0.25, 0.3) is 0 Å². The van der Waals surface area contributed by atoms with E-state index in [2.05, 4.69) is 37.4 Å². The summed E-state index contributed by atoms with van der Waals surface area (Å²) in [6.45, 7) is 11.8. The normalized spacial score (nSPS) is 36.9. The molecule has 1 saturated heterocycles. The lowest BCUT2D eigenvalue weighted by Crippen LogP contribution is -2.45. The van der Waals surface area contributed by atoms with E-state index in [-0.39, 0.29) is 0 Å². The molecule has 1 saturated carbocycles. The van der Waals surface area contributed by atoms with Crippen molar-refractivity contribution in [1.29, 1.82) is 0 Å². The van der Waals surface area contributed by atoms with Gasteiger partial charge in [-0.05, 0) is 43.7 Å². The number of hydrogen-bond donors (Lipinski definition) is 1. The Morgan fingerprint density at radius 2 is 1.84 bits per heavy atom. The Hall–Kier alpha value is 0.270. The summed E-state index contributed by atoms with van der Waals surface area (Å²) in [5, 5.41) is 0. The molecule has 0 amide bonds. The van der Waals surface area contributed by atoms with Gasteiger partial charge in [0, 0.05) is 23.6 Å². The van der Waals surface area contributed by atoms with Crippen LogP contribution in [-0.2, 0) is 0 Å². The van der Waals surface area contributed by atoms with Crippen LogP contribution in [0.3, 0.4) is 0 Å². The topological polar surface area (TPSA) is 29.3 Å². The quantitative estimate of drug-likeness (QED) is 0.861. The van der Waals surface area contributed by atoms with Gasteiger partial charge in [-0.25, -0.2) is 0 Å². The van der Waals surface area contributed by atoms with Crippen LogP contribution in [0.5, 0.6) is 0 Å². The second-order valence-corrected chi connectivity index (χ2v) is 9.32. The maximum absolute atomic E-state index is 6.16. The fourth-order valence-corrected chi connectivity index (χ4v) is 4.63. The van der Waals surface area contributed by atoms with Crippen molar-refractivity contribution in [3.8, 4) is 0 Å². The van der Waals surface area contributed by atoms with E-state index in [9.17, 15) is 0 Å². The zero-order chi connectivity index (χ0) is 13.9. The molecule has 0 bridgehead atoms. The minimum Gasteiger partial charge on any atom is -0.330 e. The number of nitrogens with zero attached hydrogens (tertiary/aromatic N) is 1. The molecule has 1 aliphatic carbocycles. The Balaban J connectivity index is 1.91. The molecule has 2 rings (SSSR count). The Bertz CT molecular complexity index is 282. The highest BCUT2D eigenvalue weighted by Gasteiger charge is 2.35. The predicted molar refractivity (Wildman–Crippen MR) is 86.7 cm³/mol. The van der Waals surface area contributed by atoms with Crippen molar-refractivity contribution in [2.45, 2.75) is 57.6 Å². The summed E-state index contributed by atoms with van der Waals surface area (Å²) in [5.41, 5.74) is 6.58. The minimum atomic E-state index is 0.422. The summed E-state index contributed by atoms with van der Waals surface area (Å²) in [5.74, 6) is 2.20. The van der Waals surface area contributed by atoms with Gasteiger partial charge < -0.3 is 10.6 Å². The van der Waals surface area contributed by atoms with Crippen LogP contribution in [0.15, 0.2) is 0 Å². The zero-order valence-electron chi connectivity index (χ0n) is 13.1. The Morgan fingerprint density at radius 1 is 1.16 bits per heavy atom. The van der Waals surface area contributed by atoms with E-state index < -0.39 is 0 Å². The summed E-state index contributed by atoms with van der Waals surface area (Å²) in [4.78, 5) is 2.70. The third-order valence-corrected chi connectivity index (χ3v) is 6.63. The molecule has 112 valence electrons. The Labute approximate surface area is 123 Å². The van der Waals surface area contributed by atoms with E-state index in [1.165, 1.54) is 57.5 Å². The van der Waals surface area contributed by atoms with E-state index >= 15 is 0 Å². The molecule has 2 aliphatic rings. The summed E-state index contributed by atoms with van der Waals surface area (Å²) in [7, 11) is 0. The zero-order valence-corrected chi connectivity index (χ0v) is 13.9. The first-order chi connectivity index (χ1) is 8.95.